The summed E-state index contributed by atoms with van der Waals surface area (Å²) in [6.07, 6.45) is 0.805. The summed E-state index contributed by atoms with van der Waals surface area (Å²) in [5, 5.41) is 3.98. The van der Waals surface area contributed by atoms with Gasteiger partial charge in [0.25, 0.3) is 5.91 Å². The summed E-state index contributed by atoms with van der Waals surface area (Å²) in [7, 11) is 0. The zero-order chi connectivity index (χ0) is 16.2. The summed E-state index contributed by atoms with van der Waals surface area (Å²) in [6, 6.07) is 19.6. The molecule has 2 aromatic carbocycles. The highest BCUT2D eigenvalue weighted by Crippen LogP contribution is 2.20. The van der Waals surface area contributed by atoms with Crippen molar-refractivity contribution >= 4 is 16.8 Å². The molecular formula is C20H20N2O. The van der Waals surface area contributed by atoms with Gasteiger partial charge in [0.05, 0.1) is 17.1 Å². The molecule has 3 aromatic rings. The molecule has 0 spiro atoms. The number of rotatable bonds is 4. The van der Waals surface area contributed by atoms with Crippen LogP contribution in [0.3, 0.4) is 0 Å². The zero-order valence-corrected chi connectivity index (χ0v) is 13.4. The van der Waals surface area contributed by atoms with Gasteiger partial charge in [0.1, 0.15) is 0 Å². The highest BCUT2D eigenvalue weighted by molar-refractivity contribution is 6.06. The number of carbonyl (C=O) groups excluding carboxylic acids is 1. The first-order chi connectivity index (χ1) is 11.2. The van der Waals surface area contributed by atoms with Gasteiger partial charge < -0.3 is 5.32 Å². The molecule has 3 nitrogen and oxygen atoms in total. The van der Waals surface area contributed by atoms with Gasteiger partial charge in [-0.15, -0.1) is 0 Å². The average molecular weight is 304 g/mol. The van der Waals surface area contributed by atoms with E-state index in [-0.39, 0.29) is 11.9 Å². The number of carbonyl (C=O) groups is 1. The van der Waals surface area contributed by atoms with Crippen LogP contribution in [0.1, 0.15) is 41.5 Å². The molecule has 3 rings (SSSR count). The molecule has 1 aromatic heterocycles. The second-order valence-electron chi connectivity index (χ2n) is 5.64. The fourth-order valence-corrected chi connectivity index (χ4v) is 2.70. The monoisotopic (exact) mass is 304 g/mol. The maximum absolute atomic E-state index is 12.8. The molecule has 0 aliphatic rings. The van der Waals surface area contributed by atoms with E-state index in [1.165, 1.54) is 0 Å². The summed E-state index contributed by atoms with van der Waals surface area (Å²) in [5.41, 5.74) is 3.58. The largest absolute Gasteiger partial charge is 0.345 e. The van der Waals surface area contributed by atoms with Crippen molar-refractivity contribution < 1.29 is 4.79 Å². The lowest BCUT2D eigenvalue weighted by Gasteiger charge is -2.15. The standard InChI is InChI=1S/C20H20N2O/c1-3-16-13-18(17-11-7-8-12-19(17)22-16)20(23)21-14(2)15-9-5-4-6-10-15/h4-14H,3H2,1-2H3,(H,21,23)/t14-/m0/s1. The van der Waals surface area contributed by atoms with E-state index in [2.05, 4.69) is 10.3 Å². The van der Waals surface area contributed by atoms with Crippen molar-refractivity contribution in [2.75, 3.05) is 0 Å². The van der Waals surface area contributed by atoms with E-state index in [1.807, 2.05) is 74.5 Å². The Kier molecular flexibility index (Phi) is 4.38. The highest BCUT2D eigenvalue weighted by atomic mass is 16.1. The molecule has 0 radical (unpaired) electrons. The number of pyridine rings is 1. The Morgan fingerprint density at radius 3 is 2.52 bits per heavy atom. The van der Waals surface area contributed by atoms with Gasteiger partial charge in [-0.3, -0.25) is 9.78 Å². The van der Waals surface area contributed by atoms with E-state index in [0.29, 0.717) is 5.56 Å². The van der Waals surface area contributed by atoms with Gasteiger partial charge in [0.2, 0.25) is 0 Å². The van der Waals surface area contributed by atoms with Crippen LogP contribution in [0.15, 0.2) is 60.7 Å². The third kappa shape index (κ3) is 3.24. The molecule has 0 aliphatic carbocycles. The molecule has 1 atom stereocenters. The Hall–Kier alpha value is -2.68. The van der Waals surface area contributed by atoms with E-state index in [0.717, 1.165) is 28.6 Å². The number of aromatic nitrogens is 1. The average Bonchev–Trinajstić information content (AvgIpc) is 2.61. The number of hydrogen-bond acceptors (Lipinski definition) is 2. The predicted octanol–water partition coefficient (Wildman–Crippen LogP) is 4.29. The van der Waals surface area contributed by atoms with E-state index < -0.39 is 0 Å². The topological polar surface area (TPSA) is 42.0 Å². The predicted molar refractivity (Wildman–Crippen MR) is 93.4 cm³/mol. The molecule has 0 bridgehead atoms. The van der Waals surface area contributed by atoms with Gasteiger partial charge in [0, 0.05) is 11.1 Å². The Morgan fingerprint density at radius 2 is 1.78 bits per heavy atom. The molecule has 1 N–H and O–H groups in total. The van der Waals surface area contributed by atoms with Crippen LogP contribution in [-0.4, -0.2) is 10.9 Å². The number of amides is 1. The van der Waals surface area contributed by atoms with E-state index in [1.54, 1.807) is 0 Å². The lowest BCUT2D eigenvalue weighted by Crippen LogP contribution is -2.27. The third-order valence-corrected chi connectivity index (χ3v) is 4.02. The van der Waals surface area contributed by atoms with Crippen molar-refractivity contribution in [1.82, 2.24) is 10.3 Å². The summed E-state index contributed by atoms with van der Waals surface area (Å²) in [5.74, 6) is -0.0605. The normalized spacial score (nSPS) is 12.1. The first-order valence-corrected chi connectivity index (χ1v) is 7.93. The number of nitrogens with one attached hydrogen (secondary N) is 1. The third-order valence-electron chi connectivity index (χ3n) is 4.02. The van der Waals surface area contributed by atoms with Gasteiger partial charge in [-0.2, -0.15) is 0 Å². The Labute approximate surface area is 136 Å². The minimum absolute atomic E-state index is 0.0410. The molecule has 0 saturated heterocycles. The minimum atomic E-state index is -0.0605. The fraction of sp³-hybridized carbons (Fsp3) is 0.200. The van der Waals surface area contributed by atoms with Crippen LogP contribution in [0.4, 0.5) is 0 Å². The molecule has 0 fully saturated rings. The number of para-hydroxylation sites is 1. The zero-order valence-electron chi connectivity index (χ0n) is 13.4. The van der Waals surface area contributed by atoms with Crippen LogP contribution in [0.5, 0.6) is 0 Å². The SMILES string of the molecule is CCc1cc(C(=O)N[C@@H](C)c2ccccc2)c2ccccc2n1. The number of aryl methyl sites for hydroxylation is 1. The minimum Gasteiger partial charge on any atom is -0.345 e. The molecule has 0 unspecified atom stereocenters. The van der Waals surface area contributed by atoms with Crippen LogP contribution < -0.4 is 5.32 Å². The van der Waals surface area contributed by atoms with E-state index in [9.17, 15) is 4.79 Å². The lowest BCUT2D eigenvalue weighted by atomic mass is 10.0. The number of nitrogens with zero attached hydrogens (tertiary/aromatic N) is 1. The molecule has 0 saturated carbocycles. The van der Waals surface area contributed by atoms with Crippen molar-refractivity contribution in [3.63, 3.8) is 0 Å². The molecule has 0 aliphatic heterocycles. The maximum Gasteiger partial charge on any atom is 0.252 e. The molecule has 1 heterocycles. The summed E-state index contributed by atoms with van der Waals surface area (Å²) in [4.78, 5) is 17.4. The van der Waals surface area contributed by atoms with Crippen molar-refractivity contribution in [3.05, 3.63) is 77.5 Å². The summed E-state index contributed by atoms with van der Waals surface area (Å²) in [6.45, 7) is 4.04. The Morgan fingerprint density at radius 1 is 1.09 bits per heavy atom. The molecule has 3 heteroatoms. The second-order valence-corrected chi connectivity index (χ2v) is 5.64. The van der Waals surface area contributed by atoms with Crippen LogP contribution in [-0.2, 0) is 6.42 Å². The van der Waals surface area contributed by atoms with Gasteiger partial charge in [-0.05, 0) is 31.0 Å². The number of benzene rings is 2. The first kappa shape index (κ1) is 15.2. The Bertz CT molecular complexity index is 827. The van der Waals surface area contributed by atoms with Crippen molar-refractivity contribution in [3.8, 4) is 0 Å². The summed E-state index contributed by atoms with van der Waals surface area (Å²) >= 11 is 0. The Balaban J connectivity index is 1.94. The van der Waals surface area contributed by atoms with Crippen molar-refractivity contribution in [2.45, 2.75) is 26.3 Å². The van der Waals surface area contributed by atoms with Gasteiger partial charge >= 0.3 is 0 Å². The molecule has 1 amide bonds. The van der Waals surface area contributed by atoms with Gasteiger partial charge in [-0.1, -0.05) is 55.5 Å². The lowest BCUT2D eigenvalue weighted by molar-refractivity contribution is 0.0941. The van der Waals surface area contributed by atoms with Crippen LogP contribution in [0.25, 0.3) is 10.9 Å². The summed E-state index contributed by atoms with van der Waals surface area (Å²) < 4.78 is 0. The van der Waals surface area contributed by atoms with Crippen LogP contribution in [0, 0.1) is 0 Å². The smallest absolute Gasteiger partial charge is 0.252 e. The van der Waals surface area contributed by atoms with Gasteiger partial charge in [-0.25, -0.2) is 0 Å². The maximum atomic E-state index is 12.8. The van der Waals surface area contributed by atoms with Gasteiger partial charge in [0.15, 0.2) is 0 Å². The molecule has 23 heavy (non-hydrogen) atoms. The highest BCUT2D eigenvalue weighted by Gasteiger charge is 2.15. The molecular weight excluding hydrogens is 284 g/mol. The first-order valence-electron chi connectivity index (χ1n) is 7.93. The van der Waals surface area contributed by atoms with Crippen molar-refractivity contribution in [1.29, 1.82) is 0 Å². The number of fused-ring (bicyclic) bond motifs is 1. The number of hydrogen-bond donors (Lipinski definition) is 1. The van der Waals surface area contributed by atoms with Crippen LogP contribution in [0.2, 0.25) is 0 Å². The van der Waals surface area contributed by atoms with Crippen LogP contribution >= 0.6 is 0 Å². The second kappa shape index (κ2) is 6.61. The van der Waals surface area contributed by atoms with E-state index in [4.69, 9.17) is 0 Å². The molecule has 116 valence electrons. The van der Waals surface area contributed by atoms with E-state index >= 15 is 0 Å². The quantitative estimate of drug-likeness (QED) is 0.781. The fourth-order valence-electron chi connectivity index (χ4n) is 2.70. The van der Waals surface area contributed by atoms with Crippen molar-refractivity contribution in [2.24, 2.45) is 0 Å².